The van der Waals surface area contributed by atoms with Crippen LogP contribution in [0.15, 0.2) is 0 Å². The predicted octanol–water partition coefficient (Wildman–Crippen LogP) is 3.65. The molecule has 0 unspecified atom stereocenters. The standard InChI is InChI=1S/C15H29NO/c1-14(2,3)16-12-15(10-6-7-11-15)17-13-8-4-5-9-13/h13,16H,4-12H2,1-3H3. The lowest BCUT2D eigenvalue weighted by atomic mass is 9.99. The fourth-order valence-electron chi connectivity index (χ4n) is 3.14. The number of hydrogen-bond acceptors (Lipinski definition) is 2. The van der Waals surface area contributed by atoms with Crippen LogP contribution >= 0.6 is 0 Å². The lowest BCUT2D eigenvalue weighted by molar-refractivity contribution is -0.0878. The Balaban J connectivity index is 1.89. The summed E-state index contributed by atoms with van der Waals surface area (Å²) >= 11 is 0. The Morgan fingerprint density at radius 1 is 1.06 bits per heavy atom. The molecule has 2 aliphatic rings. The minimum Gasteiger partial charge on any atom is -0.370 e. The van der Waals surface area contributed by atoms with Crippen LogP contribution in [0.2, 0.25) is 0 Å². The predicted molar refractivity (Wildman–Crippen MR) is 72.3 cm³/mol. The second kappa shape index (κ2) is 5.27. The number of nitrogens with one attached hydrogen (secondary N) is 1. The highest BCUT2D eigenvalue weighted by Crippen LogP contribution is 2.37. The molecule has 0 atom stereocenters. The molecular formula is C15H29NO. The van der Waals surface area contributed by atoms with Gasteiger partial charge in [0.2, 0.25) is 0 Å². The van der Waals surface area contributed by atoms with E-state index in [-0.39, 0.29) is 11.1 Å². The fraction of sp³-hybridized carbons (Fsp3) is 1.00. The molecular weight excluding hydrogens is 210 g/mol. The Bertz CT molecular complexity index is 232. The van der Waals surface area contributed by atoms with E-state index in [2.05, 4.69) is 26.1 Å². The maximum atomic E-state index is 6.49. The Morgan fingerprint density at radius 3 is 2.18 bits per heavy atom. The maximum Gasteiger partial charge on any atom is 0.0810 e. The Labute approximate surface area is 107 Å². The molecule has 0 saturated heterocycles. The summed E-state index contributed by atoms with van der Waals surface area (Å²) in [6, 6.07) is 0. The molecule has 0 aromatic heterocycles. The molecule has 17 heavy (non-hydrogen) atoms. The zero-order valence-electron chi connectivity index (χ0n) is 11.8. The second-order valence-corrected chi connectivity index (χ2v) is 7.02. The van der Waals surface area contributed by atoms with Gasteiger partial charge in [-0.25, -0.2) is 0 Å². The van der Waals surface area contributed by atoms with Crippen molar-refractivity contribution in [2.45, 2.75) is 89.4 Å². The highest BCUT2D eigenvalue weighted by Gasteiger charge is 2.38. The molecule has 0 aliphatic heterocycles. The Hall–Kier alpha value is -0.0800. The maximum absolute atomic E-state index is 6.49. The monoisotopic (exact) mass is 239 g/mol. The SMILES string of the molecule is CC(C)(C)NCC1(OC2CCCC2)CCCC1. The van der Waals surface area contributed by atoms with Gasteiger partial charge in [0, 0.05) is 12.1 Å². The molecule has 0 radical (unpaired) electrons. The first kappa shape index (κ1) is 13.4. The van der Waals surface area contributed by atoms with E-state index in [9.17, 15) is 0 Å². The second-order valence-electron chi connectivity index (χ2n) is 7.02. The fourth-order valence-corrected chi connectivity index (χ4v) is 3.14. The van der Waals surface area contributed by atoms with E-state index in [4.69, 9.17) is 4.74 Å². The van der Waals surface area contributed by atoms with Crippen LogP contribution in [0.4, 0.5) is 0 Å². The largest absolute Gasteiger partial charge is 0.370 e. The van der Waals surface area contributed by atoms with Gasteiger partial charge in [0.1, 0.15) is 0 Å². The van der Waals surface area contributed by atoms with Crippen LogP contribution < -0.4 is 5.32 Å². The van der Waals surface area contributed by atoms with Crippen LogP contribution in [0.3, 0.4) is 0 Å². The van der Waals surface area contributed by atoms with Gasteiger partial charge in [-0.15, -0.1) is 0 Å². The number of rotatable bonds is 4. The molecule has 0 spiro atoms. The van der Waals surface area contributed by atoms with Crippen LogP contribution in [-0.4, -0.2) is 23.8 Å². The molecule has 0 bridgehead atoms. The highest BCUT2D eigenvalue weighted by molar-refractivity contribution is 4.92. The van der Waals surface area contributed by atoms with E-state index < -0.39 is 0 Å². The molecule has 0 heterocycles. The zero-order chi connectivity index (χ0) is 12.4. The summed E-state index contributed by atoms with van der Waals surface area (Å²) in [4.78, 5) is 0. The van der Waals surface area contributed by atoms with Crippen LogP contribution in [0.25, 0.3) is 0 Å². The summed E-state index contributed by atoms with van der Waals surface area (Å²) in [5.74, 6) is 0. The molecule has 2 rings (SSSR count). The first-order chi connectivity index (χ1) is 7.99. The van der Waals surface area contributed by atoms with Crippen LogP contribution in [0.5, 0.6) is 0 Å². The lowest BCUT2D eigenvalue weighted by Gasteiger charge is -2.36. The van der Waals surface area contributed by atoms with Gasteiger partial charge in [0.25, 0.3) is 0 Å². The van der Waals surface area contributed by atoms with Crippen molar-refractivity contribution in [3.8, 4) is 0 Å². The summed E-state index contributed by atoms with van der Waals surface area (Å²) in [5, 5.41) is 3.65. The number of ether oxygens (including phenoxy) is 1. The van der Waals surface area contributed by atoms with Gasteiger partial charge in [-0.3, -0.25) is 0 Å². The minimum absolute atomic E-state index is 0.155. The average molecular weight is 239 g/mol. The third-order valence-electron chi connectivity index (χ3n) is 4.17. The van der Waals surface area contributed by atoms with E-state index >= 15 is 0 Å². The molecule has 0 aromatic rings. The molecule has 1 N–H and O–H groups in total. The number of hydrogen-bond donors (Lipinski definition) is 1. The van der Waals surface area contributed by atoms with Gasteiger partial charge in [-0.2, -0.15) is 0 Å². The quantitative estimate of drug-likeness (QED) is 0.808. The molecule has 2 saturated carbocycles. The van der Waals surface area contributed by atoms with Crippen molar-refractivity contribution in [3.63, 3.8) is 0 Å². The summed E-state index contributed by atoms with van der Waals surface area (Å²) in [6.07, 6.45) is 11.1. The van der Waals surface area contributed by atoms with Gasteiger partial charge in [0.15, 0.2) is 0 Å². The average Bonchev–Trinajstić information content (AvgIpc) is 2.87. The first-order valence-corrected chi connectivity index (χ1v) is 7.42. The van der Waals surface area contributed by atoms with Gasteiger partial charge in [-0.05, 0) is 46.5 Å². The molecule has 2 nitrogen and oxygen atoms in total. The van der Waals surface area contributed by atoms with Crippen molar-refractivity contribution in [3.05, 3.63) is 0 Å². The summed E-state index contributed by atoms with van der Waals surface area (Å²) in [7, 11) is 0. The van der Waals surface area contributed by atoms with Crippen molar-refractivity contribution in [1.82, 2.24) is 5.32 Å². The van der Waals surface area contributed by atoms with Crippen LogP contribution in [-0.2, 0) is 4.74 Å². The molecule has 2 aliphatic carbocycles. The first-order valence-electron chi connectivity index (χ1n) is 7.42. The van der Waals surface area contributed by atoms with Gasteiger partial charge < -0.3 is 10.1 Å². The van der Waals surface area contributed by atoms with Crippen molar-refractivity contribution in [2.75, 3.05) is 6.54 Å². The van der Waals surface area contributed by atoms with Gasteiger partial charge in [0.05, 0.1) is 11.7 Å². The topological polar surface area (TPSA) is 21.3 Å². The van der Waals surface area contributed by atoms with Crippen molar-refractivity contribution in [1.29, 1.82) is 0 Å². The third-order valence-corrected chi connectivity index (χ3v) is 4.17. The van der Waals surface area contributed by atoms with Crippen LogP contribution in [0.1, 0.15) is 72.1 Å². The molecule has 2 heteroatoms. The molecule has 0 aromatic carbocycles. The van der Waals surface area contributed by atoms with E-state index in [0.29, 0.717) is 6.10 Å². The van der Waals surface area contributed by atoms with E-state index in [0.717, 1.165) is 6.54 Å². The molecule has 2 fully saturated rings. The summed E-state index contributed by atoms with van der Waals surface area (Å²) < 4.78 is 6.49. The lowest BCUT2D eigenvalue weighted by Crippen LogP contribution is -2.49. The molecule has 100 valence electrons. The highest BCUT2D eigenvalue weighted by atomic mass is 16.5. The summed E-state index contributed by atoms with van der Waals surface area (Å²) in [6.45, 7) is 7.76. The Kier molecular flexibility index (Phi) is 4.14. The Morgan fingerprint density at radius 2 is 1.65 bits per heavy atom. The minimum atomic E-state index is 0.155. The van der Waals surface area contributed by atoms with E-state index in [1.165, 1.54) is 51.4 Å². The normalized spacial score (nSPS) is 25.6. The smallest absolute Gasteiger partial charge is 0.0810 e. The molecule has 0 amide bonds. The van der Waals surface area contributed by atoms with E-state index in [1.807, 2.05) is 0 Å². The van der Waals surface area contributed by atoms with Crippen LogP contribution in [0, 0.1) is 0 Å². The summed E-state index contributed by atoms with van der Waals surface area (Å²) in [5.41, 5.74) is 0.358. The van der Waals surface area contributed by atoms with Crippen molar-refractivity contribution in [2.24, 2.45) is 0 Å². The van der Waals surface area contributed by atoms with E-state index in [1.54, 1.807) is 0 Å². The van der Waals surface area contributed by atoms with Crippen molar-refractivity contribution >= 4 is 0 Å². The van der Waals surface area contributed by atoms with Gasteiger partial charge >= 0.3 is 0 Å². The van der Waals surface area contributed by atoms with Gasteiger partial charge in [-0.1, -0.05) is 25.7 Å². The van der Waals surface area contributed by atoms with Crippen molar-refractivity contribution < 1.29 is 4.74 Å². The zero-order valence-corrected chi connectivity index (χ0v) is 11.8. The third kappa shape index (κ3) is 3.96.